The molecule has 4 rings (SSSR count). The quantitative estimate of drug-likeness (QED) is 0.751. The molecule has 2 heterocycles. The number of aliphatic carboxylic acids is 1. The van der Waals surface area contributed by atoms with Gasteiger partial charge in [0.25, 0.3) is 17.7 Å². The minimum absolute atomic E-state index is 0.0739. The van der Waals surface area contributed by atoms with E-state index >= 15 is 0 Å². The molecule has 1 unspecified atom stereocenters. The molecule has 0 spiro atoms. The lowest BCUT2D eigenvalue weighted by molar-refractivity contribution is -0.137. The van der Waals surface area contributed by atoms with Crippen LogP contribution in [0.4, 0.5) is 0 Å². The molecule has 1 N–H and O–H groups in total. The molecule has 0 radical (unpaired) electrons. The summed E-state index contributed by atoms with van der Waals surface area (Å²) in [7, 11) is 0. The average Bonchev–Trinajstić information content (AvgIpc) is 3.31. The first-order valence-electron chi connectivity index (χ1n) is 9.10. The second-order valence-corrected chi connectivity index (χ2v) is 7.17. The van der Waals surface area contributed by atoms with Crippen LogP contribution in [0.25, 0.3) is 0 Å². The van der Waals surface area contributed by atoms with Crippen molar-refractivity contribution in [3.05, 3.63) is 34.9 Å². The summed E-state index contributed by atoms with van der Waals surface area (Å²) in [5.41, 5.74) is 0.683. The van der Waals surface area contributed by atoms with Gasteiger partial charge in [-0.05, 0) is 43.9 Å². The molecule has 8 nitrogen and oxygen atoms in total. The van der Waals surface area contributed by atoms with Crippen LogP contribution in [0.15, 0.2) is 18.2 Å². The van der Waals surface area contributed by atoms with Gasteiger partial charge in [0.1, 0.15) is 6.54 Å². The summed E-state index contributed by atoms with van der Waals surface area (Å²) in [6.07, 6.45) is 3.12. The largest absolute Gasteiger partial charge is 0.480 e. The first-order valence-corrected chi connectivity index (χ1v) is 9.10. The third-order valence-electron chi connectivity index (χ3n) is 5.18. The van der Waals surface area contributed by atoms with Crippen molar-refractivity contribution in [1.29, 1.82) is 0 Å². The Labute approximate surface area is 155 Å². The van der Waals surface area contributed by atoms with Gasteiger partial charge in [0.05, 0.1) is 23.8 Å². The Hall–Kier alpha value is -2.74. The maximum Gasteiger partial charge on any atom is 0.323 e. The second kappa shape index (κ2) is 6.77. The Morgan fingerprint density at radius 3 is 2.52 bits per heavy atom. The lowest BCUT2D eigenvalue weighted by Crippen LogP contribution is -2.37. The van der Waals surface area contributed by atoms with Crippen LogP contribution in [0.3, 0.4) is 0 Å². The molecule has 2 aliphatic heterocycles. The van der Waals surface area contributed by atoms with Crippen molar-refractivity contribution in [1.82, 2.24) is 9.80 Å². The predicted octanol–water partition coefficient (Wildman–Crippen LogP) is 1.15. The van der Waals surface area contributed by atoms with E-state index in [1.165, 1.54) is 28.0 Å². The maximum absolute atomic E-state index is 12.7. The highest BCUT2D eigenvalue weighted by molar-refractivity contribution is 6.22. The van der Waals surface area contributed by atoms with Crippen LogP contribution in [-0.2, 0) is 9.53 Å². The van der Waals surface area contributed by atoms with E-state index in [0.29, 0.717) is 6.61 Å². The smallest absolute Gasteiger partial charge is 0.323 e. The van der Waals surface area contributed by atoms with Crippen molar-refractivity contribution in [2.75, 3.05) is 19.7 Å². The number of hydrogen-bond donors (Lipinski definition) is 1. The van der Waals surface area contributed by atoms with Gasteiger partial charge in [-0.25, -0.2) is 0 Å². The van der Waals surface area contributed by atoms with E-state index in [1.54, 1.807) is 0 Å². The van der Waals surface area contributed by atoms with Gasteiger partial charge in [0.15, 0.2) is 0 Å². The number of amides is 3. The van der Waals surface area contributed by atoms with Gasteiger partial charge in [0.2, 0.25) is 0 Å². The summed E-state index contributed by atoms with van der Waals surface area (Å²) < 4.78 is 5.51. The van der Waals surface area contributed by atoms with Crippen molar-refractivity contribution in [3.63, 3.8) is 0 Å². The molecule has 3 amide bonds. The van der Waals surface area contributed by atoms with E-state index in [4.69, 9.17) is 9.84 Å². The van der Waals surface area contributed by atoms with Gasteiger partial charge in [-0.1, -0.05) is 0 Å². The molecule has 2 fully saturated rings. The molecular weight excluding hydrogens is 352 g/mol. The average molecular weight is 372 g/mol. The number of carbonyl (C=O) groups excluding carboxylic acids is 3. The van der Waals surface area contributed by atoms with Crippen LogP contribution < -0.4 is 0 Å². The van der Waals surface area contributed by atoms with Crippen molar-refractivity contribution in [2.45, 2.75) is 37.8 Å². The molecule has 1 aromatic rings. The third-order valence-corrected chi connectivity index (χ3v) is 5.18. The number of carbonyl (C=O) groups is 4. The monoisotopic (exact) mass is 372 g/mol. The van der Waals surface area contributed by atoms with Crippen molar-refractivity contribution >= 4 is 23.7 Å². The van der Waals surface area contributed by atoms with E-state index < -0.39 is 17.8 Å². The molecule has 3 aliphatic rings. The van der Waals surface area contributed by atoms with Gasteiger partial charge in [-0.2, -0.15) is 0 Å². The van der Waals surface area contributed by atoms with Crippen LogP contribution in [0, 0.1) is 0 Å². The molecule has 0 aromatic heterocycles. The highest BCUT2D eigenvalue weighted by Crippen LogP contribution is 2.30. The van der Waals surface area contributed by atoms with E-state index in [1.807, 2.05) is 0 Å². The number of carboxylic acids is 1. The van der Waals surface area contributed by atoms with Crippen LogP contribution in [0.5, 0.6) is 0 Å². The van der Waals surface area contributed by atoms with Crippen molar-refractivity contribution in [2.24, 2.45) is 0 Å². The summed E-state index contributed by atoms with van der Waals surface area (Å²) in [5.74, 6) is -2.32. The van der Waals surface area contributed by atoms with Gasteiger partial charge in [-0.15, -0.1) is 0 Å². The van der Waals surface area contributed by atoms with Crippen LogP contribution in [-0.4, -0.2) is 70.4 Å². The number of nitrogens with zero attached hydrogens (tertiary/aromatic N) is 2. The number of carboxylic acid groups (broad SMARTS) is 1. The Morgan fingerprint density at radius 2 is 1.89 bits per heavy atom. The molecular formula is C19H20N2O6. The zero-order valence-electron chi connectivity index (χ0n) is 14.7. The van der Waals surface area contributed by atoms with E-state index in [0.717, 1.165) is 25.7 Å². The Morgan fingerprint density at radius 1 is 1.15 bits per heavy atom. The van der Waals surface area contributed by atoms with Gasteiger partial charge in [-0.3, -0.25) is 24.1 Å². The molecule has 1 atom stereocenters. The van der Waals surface area contributed by atoms with Gasteiger partial charge in [0, 0.05) is 18.2 Å². The lowest BCUT2D eigenvalue weighted by atomic mass is 10.0. The topological polar surface area (TPSA) is 104 Å². The fourth-order valence-electron chi connectivity index (χ4n) is 3.65. The number of fused-ring (bicyclic) bond motifs is 1. The SMILES string of the molecule is O=C(O)CN(C(=O)c1ccc2c(c1)C(=O)N(CC1CCCO1)C2=O)C1CC1. The number of imide groups is 1. The Kier molecular flexibility index (Phi) is 4.43. The first-order chi connectivity index (χ1) is 13.0. The zero-order valence-corrected chi connectivity index (χ0v) is 14.7. The summed E-state index contributed by atoms with van der Waals surface area (Å²) in [4.78, 5) is 51.5. The summed E-state index contributed by atoms with van der Waals surface area (Å²) in [6, 6.07) is 4.30. The molecule has 0 bridgehead atoms. The van der Waals surface area contributed by atoms with Crippen LogP contribution in [0.1, 0.15) is 56.8 Å². The fraction of sp³-hybridized carbons (Fsp3) is 0.474. The summed E-state index contributed by atoms with van der Waals surface area (Å²) in [5, 5.41) is 9.05. The van der Waals surface area contributed by atoms with Gasteiger partial charge < -0.3 is 14.7 Å². The van der Waals surface area contributed by atoms with E-state index in [2.05, 4.69) is 0 Å². The summed E-state index contributed by atoms with van der Waals surface area (Å²) in [6.45, 7) is 0.467. The zero-order chi connectivity index (χ0) is 19.1. The molecule has 27 heavy (non-hydrogen) atoms. The van der Waals surface area contributed by atoms with Crippen LogP contribution in [0.2, 0.25) is 0 Å². The molecule has 1 saturated heterocycles. The third kappa shape index (κ3) is 3.32. The van der Waals surface area contributed by atoms with Gasteiger partial charge >= 0.3 is 5.97 Å². The second-order valence-electron chi connectivity index (χ2n) is 7.17. The van der Waals surface area contributed by atoms with Crippen molar-refractivity contribution < 1.29 is 29.0 Å². The Bertz CT molecular complexity index is 825. The standard InChI is InChI=1S/C19H20N2O6/c22-16(23)10-20(12-4-5-12)17(24)11-3-6-14-15(8-11)19(26)21(18(14)25)9-13-2-1-7-27-13/h3,6,8,12-13H,1-2,4-5,7,9-10H2,(H,22,23). The molecule has 1 saturated carbocycles. The van der Waals surface area contributed by atoms with Crippen molar-refractivity contribution in [3.8, 4) is 0 Å². The molecule has 8 heteroatoms. The van der Waals surface area contributed by atoms with E-state index in [9.17, 15) is 19.2 Å². The van der Waals surface area contributed by atoms with E-state index in [-0.39, 0.29) is 47.8 Å². The van der Waals surface area contributed by atoms with Crippen LogP contribution >= 0.6 is 0 Å². The first kappa shape index (κ1) is 17.7. The maximum atomic E-state index is 12.7. The lowest BCUT2D eigenvalue weighted by Gasteiger charge is -2.20. The number of hydrogen-bond acceptors (Lipinski definition) is 5. The summed E-state index contributed by atoms with van der Waals surface area (Å²) >= 11 is 0. The number of rotatable bonds is 6. The predicted molar refractivity (Wildman–Crippen MR) is 92.5 cm³/mol. The fourth-order valence-corrected chi connectivity index (χ4v) is 3.65. The normalized spacial score (nSPS) is 21.5. The molecule has 1 aliphatic carbocycles. The highest BCUT2D eigenvalue weighted by Gasteiger charge is 2.39. The minimum atomic E-state index is -1.08. The molecule has 142 valence electrons. The molecule has 1 aromatic carbocycles. The highest BCUT2D eigenvalue weighted by atomic mass is 16.5. The number of benzene rings is 1. The Balaban J connectivity index is 1.56. The minimum Gasteiger partial charge on any atom is -0.480 e. The number of ether oxygens (including phenoxy) is 1.